The van der Waals surface area contributed by atoms with Crippen LogP contribution in [0.3, 0.4) is 0 Å². The van der Waals surface area contributed by atoms with Crippen LogP contribution in [0.25, 0.3) is 32.7 Å². The molecule has 0 aromatic heterocycles. The van der Waals surface area contributed by atoms with Gasteiger partial charge in [0.25, 0.3) is 0 Å². The highest BCUT2D eigenvalue weighted by Crippen LogP contribution is 2.50. The molecule has 0 radical (unpaired) electrons. The van der Waals surface area contributed by atoms with Gasteiger partial charge in [-0.2, -0.15) is 0 Å². The second-order valence-corrected chi connectivity index (χ2v) is 12.6. The van der Waals surface area contributed by atoms with Crippen LogP contribution >= 0.6 is 0 Å². The predicted octanol–water partition coefficient (Wildman–Crippen LogP) is 4.05. The standard InChI is InChI=1S/C41H49N7O7/c1-7-14-31(40(52)55-6)48-38(50)30(19-13-20-45-41(42)43)47-39(51)33(46-24(3)49)23-27-21-25-15-9-11-17-28(25)34(36(27)53-4)35-29-18-12-10-16-26(29)22-32(44-8-2)37(35)54-5/h7-12,15-18,21-22,30-31,33,44H,1-2,13-14,19-20,23H2,3-6H3,(H,46,49)(H,47,51)(H,48,50)(H4,42,43,45)/t30-,31+,33?/m1/s1. The Morgan fingerprint density at radius 3 is 1.95 bits per heavy atom. The van der Waals surface area contributed by atoms with Crippen LogP contribution in [0.5, 0.6) is 11.5 Å². The normalized spacial score (nSPS) is 12.4. The third-order valence-corrected chi connectivity index (χ3v) is 8.90. The average molecular weight is 752 g/mol. The molecule has 0 bridgehead atoms. The summed E-state index contributed by atoms with van der Waals surface area (Å²) >= 11 is 0. The minimum absolute atomic E-state index is 0.0269. The molecular weight excluding hydrogens is 702 g/mol. The van der Waals surface area contributed by atoms with Crippen LogP contribution in [0.15, 0.2) is 91.1 Å². The van der Waals surface area contributed by atoms with Gasteiger partial charge in [0.1, 0.15) is 23.9 Å². The lowest BCUT2D eigenvalue weighted by Crippen LogP contribution is -2.56. The highest BCUT2D eigenvalue weighted by Gasteiger charge is 2.31. The van der Waals surface area contributed by atoms with Crippen molar-refractivity contribution in [2.24, 2.45) is 16.5 Å². The molecule has 8 N–H and O–H groups in total. The van der Waals surface area contributed by atoms with E-state index in [-0.39, 0.29) is 31.8 Å². The number of fused-ring (bicyclic) bond motifs is 2. The number of methoxy groups -OCH3 is 3. The Morgan fingerprint density at radius 1 is 0.800 bits per heavy atom. The lowest BCUT2D eigenvalue weighted by atomic mass is 9.88. The van der Waals surface area contributed by atoms with E-state index in [2.05, 4.69) is 39.4 Å². The van der Waals surface area contributed by atoms with Crippen molar-refractivity contribution in [3.8, 4) is 22.6 Å². The van der Waals surface area contributed by atoms with E-state index < -0.39 is 41.8 Å². The largest absolute Gasteiger partial charge is 0.496 e. The molecule has 0 aliphatic carbocycles. The van der Waals surface area contributed by atoms with E-state index in [1.54, 1.807) is 20.4 Å². The number of nitrogens with two attached hydrogens (primary N) is 2. The van der Waals surface area contributed by atoms with Gasteiger partial charge in [-0.1, -0.05) is 61.2 Å². The molecule has 0 saturated heterocycles. The van der Waals surface area contributed by atoms with Crippen molar-refractivity contribution in [1.29, 1.82) is 0 Å². The molecule has 0 heterocycles. The molecule has 14 heteroatoms. The second-order valence-electron chi connectivity index (χ2n) is 12.6. The summed E-state index contributed by atoms with van der Waals surface area (Å²) in [5.41, 5.74) is 13.7. The first kappa shape index (κ1) is 41.2. The molecule has 0 aliphatic rings. The first-order valence-electron chi connectivity index (χ1n) is 17.7. The molecule has 4 aromatic carbocycles. The highest BCUT2D eigenvalue weighted by molar-refractivity contribution is 6.12. The maximum absolute atomic E-state index is 14.2. The number of carbonyl (C=O) groups is 4. The molecule has 55 heavy (non-hydrogen) atoms. The highest BCUT2D eigenvalue weighted by atomic mass is 16.5. The van der Waals surface area contributed by atoms with Crippen molar-refractivity contribution in [3.63, 3.8) is 0 Å². The molecular formula is C41H49N7O7. The number of aliphatic imine (C=N–C) groups is 1. The van der Waals surface area contributed by atoms with Crippen molar-refractivity contribution in [1.82, 2.24) is 16.0 Å². The van der Waals surface area contributed by atoms with Crippen LogP contribution in [0, 0.1) is 0 Å². The van der Waals surface area contributed by atoms with Gasteiger partial charge >= 0.3 is 5.97 Å². The predicted molar refractivity (Wildman–Crippen MR) is 216 cm³/mol. The summed E-state index contributed by atoms with van der Waals surface area (Å²) in [5.74, 6) is -1.55. The smallest absolute Gasteiger partial charge is 0.328 e. The Kier molecular flexibility index (Phi) is 14.6. The summed E-state index contributed by atoms with van der Waals surface area (Å²) in [6.45, 7) is 8.98. The van der Waals surface area contributed by atoms with Crippen LogP contribution < -0.4 is 42.2 Å². The van der Waals surface area contributed by atoms with Gasteiger partial charge in [0.2, 0.25) is 17.7 Å². The first-order chi connectivity index (χ1) is 26.5. The Balaban J connectivity index is 1.84. The summed E-state index contributed by atoms with van der Waals surface area (Å²) in [7, 11) is 4.34. The van der Waals surface area contributed by atoms with Crippen molar-refractivity contribution < 1.29 is 33.4 Å². The van der Waals surface area contributed by atoms with Crippen LogP contribution in [0.4, 0.5) is 5.69 Å². The number of hydrogen-bond acceptors (Lipinski definition) is 9. The summed E-state index contributed by atoms with van der Waals surface area (Å²) in [4.78, 5) is 56.8. The Labute approximate surface area is 320 Å². The number of esters is 1. The minimum atomic E-state index is -1.16. The molecule has 0 saturated carbocycles. The molecule has 0 fully saturated rings. The molecule has 4 aromatic rings. The zero-order chi connectivity index (χ0) is 40.1. The van der Waals surface area contributed by atoms with Crippen molar-refractivity contribution in [3.05, 3.63) is 91.7 Å². The number of rotatable bonds is 19. The molecule has 3 amide bonds. The molecule has 14 nitrogen and oxygen atoms in total. The number of nitrogens with one attached hydrogen (secondary N) is 4. The van der Waals surface area contributed by atoms with E-state index in [9.17, 15) is 19.2 Å². The number of benzene rings is 4. The lowest BCUT2D eigenvalue weighted by Gasteiger charge is -2.26. The summed E-state index contributed by atoms with van der Waals surface area (Å²) < 4.78 is 17.1. The van der Waals surface area contributed by atoms with Crippen LogP contribution in [0.2, 0.25) is 0 Å². The van der Waals surface area contributed by atoms with E-state index in [0.29, 0.717) is 34.7 Å². The fraction of sp³-hybridized carbons (Fsp3) is 0.293. The molecule has 4 rings (SSSR count). The third kappa shape index (κ3) is 10.1. The fourth-order valence-corrected chi connectivity index (χ4v) is 6.54. The summed E-state index contributed by atoms with van der Waals surface area (Å²) in [6, 6.07) is 16.2. The van der Waals surface area contributed by atoms with Crippen molar-refractivity contribution in [2.75, 3.05) is 33.2 Å². The Hall–Kier alpha value is -6.57. The number of nitrogens with zero attached hydrogens (tertiary/aromatic N) is 1. The van der Waals surface area contributed by atoms with Gasteiger partial charge in [-0.15, -0.1) is 6.58 Å². The number of anilines is 1. The van der Waals surface area contributed by atoms with E-state index in [4.69, 9.17) is 25.7 Å². The summed E-state index contributed by atoms with van der Waals surface area (Å²) in [6.07, 6.45) is 3.52. The van der Waals surface area contributed by atoms with Crippen molar-refractivity contribution in [2.45, 2.75) is 50.7 Å². The first-order valence-corrected chi connectivity index (χ1v) is 17.7. The van der Waals surface area contributed by atoms with E-state index >= 15 is 0 Å². The van der Waals surface area contributed by atoms with Crippen molar-refractivity contribution >= 4 is 56.9 Å². The molecule has 290 valence electrons. The van der Waals surface area contributed by atoms with Gasteiger partial charge < -0.3 is 46.9 Å². The lowest BCUT2D eigenvalue weighted by molar-refractivity contribution is -0.145. The zero-order valence-corrected chi connectivity index (χ0v) is 31.6. The van der Waals surface area contributed by atoms with Crippen LogP contribution in [0.1, 0.15) is 31.7 Å². The second kappa shape index (κ2) is 19.5. The maximum atomic E-state index is 14.2. The zero-order valence-electron chi connectivity index (χ0n) is 31.6. The number of ether oxygens (including phenoxy) is 3. The average Bonchev–Trinajstić information content (AvgIpc) is 3.16. The quantitative estimate of drug-likeness (QED) is 0.0266. The van der Waals surface area contributed by atoms with Gasteiger partial charge in [-0.05, 0) is 64.7 Å². The number of carbonyl (C=O) groups excluding carboxylic acids is 4. The van der Waals surface area contributed by atoms with E-state index in [1.165, 1.54) is 20.1 Å². The summed E-state index contributed by atoms with van der Waals surface area (Å²) in [5, 5.41) is 14.9. The van der Waals surface area contributed by atoms with Gasteiger partial charge in [0.15, 0.2) is 11.7 Å². The van der Waals surface area contributed by atoms with E-state index in [1.807, 2.05) is 60.7 Å². The van der Waals surface area contributed by atoms with Gasteiger partial charge in [-0.3, -0.25) is 19.4 Å². The SMILES string of the molecule is C=CC[C@H](NC(=O)[C@@H](CCCN=C(N)N)NC(=O)C(Cc1cc2ccccc2c(-c2c(OC)c(NC=C)cc3ccccc23)c1OC)NC(C)=O)C(=O)OC. The number of guanidine groups is 1. The van der Waals surface area contributed by atoms with Crippen LogP contribution in [-0.2, 0) is 30.3 Å². The van der Waals surface area contributed by atoms with Gasteiger partial charge in [0, 0.05) is 31.0 Å². The fourth-order valence-electron chi connectivity index (χ4n) is 6.54. The number of hydrogen-bond donors (Lipinski definition) is 6. The Morgan fingerprint density at radius 2 is 1.38 bits per heavy atom. The topological polar surface area (TPSA) is 208 Å². The van der Waals surface area contributed by atoms with E-state index in [0.717, 1.165) is 27.1 Å². The molecule has 0 aliphatic heterocycles. The monoisotopic (exact) mass is 751 g/mol. The third-order valence-electron chi connectivity index (χ3n) is 8.90. The molecule has 1 unspecified atom stereocenters. The van der Waals surface area contributed by atoms with Crippen LogP contribution in [-0.4, -0.2) is 75.7 Å². The Bertz CT molecular complexity index is 2090. The van der Waals surface area contributed by atoms with Gasteiger partial charge in [-0.25, -0.2) is 4.79 Å². The number of amides is 3. The molecule has 3 atom stereocenters. The van der Waals surface area contributed by atoms with Gasteiger partial charge in [0.05, 0.1) is 27.0 Å². The minimum Gasteiger partial charge on any atom is -0.496 e. The maximum Gasteiger partial charge on any atom is 0.328 e. The molecule has 0 spiro atoms.